The summed E-state index contributed by atoms with van der Waals surface area (Å²) in [6.07, 6.45) is 2.64. The maximum atomic E-state index is 13.7. The van der Waals surface area contributed by atoms with Crippen LogP contribution < -0.4 is 9.62 Å². The van der Waals surface area contributed by atoms with Gasteiger partial charge in [0.2, 0.25) is 10.0 Å². The number of anilines is 1. The molecule has 9 nitrogen and oxygen atoms in total. The normalized spacial score (nSPS) is 11.5. The zero-order valence-electron chi connectivity index (χ0n) is 23.3. The minimum Gasteiger partial charge on any atom is -0.455 e. The first kappa shape index (κ1) is 27.7. The van der Waals surface area contributed by atoms with Crippen molar-refractivity contribution in [1.29, 1.82) is 5.26 Å². The topological polar surface area (TPSA) is 132 Å². The molecule has 1 amide bonds. The minimum atomic E-state index is -3.77. The van der Waals surface area contributed by atoms with Gasteiger partial charge in [0, 0.05) is 70.6 Å². The quantitative estimate of drug-likeness (QED) is 0.241. The van der Waals surface area contributed by atoms with Crippen LogP contribution in [-0.2, 0) is 10.0 Å². The highest BCUT2D eigenvalue weighted by atomic mass is 32.2. The number of rotatable bonds is 6. The molecule has 6 aromatic rings. The third-order valence-electron chi connectivity index (χ3n) is 7.33. The Balaban J connectivity index is 1.66. The first-order valence-corrected chi connectivity index (χ1v) is 14.9. The Hall–Kier alpha value is -5.47. The average Bonchev–Trinajstić information content (AvgIpc) is 3.61. The van der Waals surface area contributed by atoms with Crippen LogP contribution in [0.1, 0.15) is 16.1 Å². The smallest absolute Gasteiger partial charge is 0.255 e. The lowest BCUT2D eigenvalue weighted by Gasteiger charge is -2.21. The second-order valence-corrected chi connectivity index (χ2v) is 12.0. The number of carbonyl (C=O) groups excluding carboxylic acids is 1. The predicted molar refractivity (Wildman–Crippen MR) is 163 cm³/mol. The van der Waals surface area contributed by atoms with Crippen LogP contribution >= 0.6 is 0 Å². The summed E-state index contributed by atoms with van der Waals surface area (Å²) < 4.78 is 46.5. The monoisotopic (exact) mass is 593 g/mol. The second-order valence-electron chi connectivity index (χ2n) is 9.99. The third-order valence-corrected chi connectivity index (χ3v) is 8.52. The molecular weight excluding hydrogens is 569 g/mol. The van der Waals surface area contributed by atoms with E-state index < -0.39 is 21.7 Å². The SMILES string of the molecule is CNC(=O)c1c(-c2ccc(F)cc2)oc2cc(N(C)S(C)(=O)=O)c(-c3cc(-c4cc5ccccc5[nH]4)cnc3C#N)cc12. The summed E-state index contributed by atoms with van der Waals surface area (Å²) in [6.45, 7) is 0. The Bertz CT molecular complexity index is 2180. The summed E-state index contributed by atoms with van der Waals surface area (Å²) in [7, 11) is -0.905. The molecule has 11 heteroatoms. The summed E-state index contributed by atoms with van der Waals surface area (Å²) in [5, 5.41) is 14.0. The largest absolute Gasteiger partial charge is 0.455 e. The molecule has 0 atom stereocenters. The van der Waals surface area contributed by atoms with Gasteiger partial charge in [0.1, 0.15) is 28.9 Å². The van der Waals surface area contributed by atoms with E-state index in [4.69, 9.17) is 4.42 Å². The number of H-pyrrole nitrogens is 1. The number of nitriles is 1. The van der Waals surface area contributed by atoms with Gasteiger partial charge in [0.05, 0.1) is 17.5 Å². The Morgan fingerprint density at radius 1 is 1.05 bits per heavy atom. The Morgan fingerprint density at radius 2 is 1.79 bits per heavy atom. The molecule has 0 unspecified atom stereocenters. The standard InChI is InChI=1S/C32H24FN5O4S/c1-35-32(39)30-24-14-23(22-12-20(17-36-27(22)16-34)26-13-19-6-4-5-7-25(19)37-26)28(38(2)43(3,40)41)15-29(24)42-31(30)18-8-10-21(33)11-9-18/h4-15,17,37H,1-3H3,(H,35,39). The van der Waals surface area contributed by atoms with Crippen LogP contribution in [-0.4, -0.2) is 44.6 Å². The predicted octanol–water partition coefficient (Wildman–Crippen LogP) is 6.08. The van der Waals surface area contributed by atoms with Crippen molar-refractivity contribution in [1.82, 2.24) is 15.3 Å². The first-order chi connectivity index (χ1) is 20.6. The van der Waals surface area contributed by atoms with Crippen molar-refractivity contribution in [3.63, 3.8) is 0 Å². The highest BCUT2D eigenvalue weighted by Crippen LogP contribution is 2.42. The van der Waals surface area contributed by atoms with Crippen molar-refractivity contribution >= 4 is 43.5 Å². The molecule has 0 fully saturated rings. The maximum Gasteiger partial charge on any atom is 0.255 e. The molecular formula is C32H24FN5O4S. The van der Waals surface area contributed by atoms with E-state index in [1.807, 2.05) is 30.3 Å². The number of nitrogens with one attached hydrogen (secondary N) is 2. The molecule has 2 N–H and O–H groups in total. The zero-order chi connectivity index (χ0) is 30.5. The van der Waals surface area contributed by atoms with E-state index in [9.17, 15) is 22.9 Å². The number of aromatic nitrogens is 2. The number of nitrogens with zero attached hydrogens (tertiary/aromatic N) is 3. The van der Waals surface area contributed by atoms with Gasteiger partial charge in [-0.2, -0.15) is 5.26 Å². The number of benzene rings is 3. The van der Waals surface area contributed by atoms with Crippen LogP contribution in [0.2, 0.25) is 0 Å². The molecule has 0 radical (unpaired) electrons. The number of pyridine rings is 1. The van der Waals surface area contributed by atoms with Crippen molar-refractivity contribution in [2.24, 2.45) is 0 Å². The van der Waals surface area contributed by atoms with Gasteiger partial charge in [-0.25, -0.2) is 17.8 Å². The van der Waals surface area contributed by atoms with Crippen molar-refractivity contribution < 1.29 is 22.0 Å². The van der Waals surface area contributed by atoms with Gasteiger partial charge in [0.15, 0.2) is 0 Å². The molecule has 0 aliphatic rings. The fourth-order valence-corrected chi connectivity index (χ4v) is 5.59. The van der Waals surface area contributed by atoms with Gasteiger partial charge in [-0.3, -0.25) is 9.10 Å². The number of aromatic amines is 1. The van der Waals surface area contributed by atoms with E-state index in [2.05, 4.69) is 21.4 Å². The molecule has 214 valence electrons. The number of furan rings is 1. The fourth-order valence-electron chi connectivity index (χ4n) is 5.08. The van der Waals surface area contributed by atoms with E-state index in [1.54, 1.807) is 18.3 Å². The molecule has 0 saturated carbocycles. The molecule has 3 aromatic carbocycles. The van der Waals surface area contributed by atoms with Crippen LogP contribution in [0.5, 0.6) is 0 Å². The molecule has 3 aromatic heterocycles. The van der Waals surface area contributed by atoms with Gasteiger partial charge in [0.25, 0.3) is 5.91 Å². The number of hydrogen-bond donors (Lipinski definition) is 2. The maximum absolute atomic E-state index is 13.7. The summed E-state index contributed by atoms with van der Waals surface area (Å²) in [5.74, 6) is -0.726. The lowest BCUT2D eigenvalue weighted by molar-refractivity contribution is 0.0964. The summed E-state index contributed by atoms with van der Waals surface area (Å²) in [6, 6.07) is 22.2. The Morgan fingerprint density at radius 3 is 2.47 bits per heavy atom. The third kappa shape index (κ3) is 4.87. The van der Waals surface area contributed by atoms with Crippen molar-refractivity contribution in [2.45, 2.75) is 0 Å². The van der Waals surface area contributed by atoms with Crippen molar-refractivity contribution in [3.8, 4) is 39.8 Å². The zero-order valence-corrected chi connectivity index (χ0v) is 24.1. The lowest BCUT2D eigenvalue weighted by atomic mass is 9.96. The van der Waals surface area contributed by atoms with Gasteiger partial charge in [-0.1, -0.05) is 18.2 Å². The number of para-hydroxylation sites is 1. The van der Waals surface area contributed by atoms with Gasteiger partial charge >= 0.3 is 0 Å². The van der Waals surface area contributed by atoms with Gasteiger partial charge < -0.3 is 14.7 Å². The summed E-state index contributed by atoms with van der Waals surface area (Å²) in [5.41, 5.74) is 4.19. The molecule has 0 aliphatic heterocycles. The van der Waals surface area contributed by atoms with Crippen molar-refractivity contribution in [3.05, 3.63) is 96.1 Å². The second kappa shape index (κ2) is 10.4. The minimum absolute atomic E-state index is 0.0612. The number of halogens is 1. The Labute approximate surface area is 246 Å². The van der Waals surface area contributed by atoms with Crippen LogP contribution in [0.15, 0.2) is 83.4 Å². The van der Waals surface area contributed by atoms with Crippen molar-refractivity contribution in [2.75, 3.05) is 24.7 Å². The van der Waals surface area contributed by atoms with Crippen LogP contribution in [0, 0.1) is 17.1 Å². The van der Waals surface area contributed by atoms with Crippen LogP contribution in [0.25, 0.3) is 55.6 Å². The number of hydrogen-bond acceptors (Lipinski definition) is 6. The number of amides is 1. The van der Waals surface area contributed by atoms with Crippen LogP contribution in [0.3, 0.4) is 0 Å². The number of fused-ring (bicyclic) bond motifs is 2. The van der Waals surface area contributed by atoms with E-state index in [0.29, 0.717) is 27.6 Å². The Kier molecular flexibility index (Phi) is 6.71. The van der Waals surface area contributed by atoms with Gasteiger partial charge in [-0.15, -0.1) is 0 Å². The molecule has 6 rings (SSSR count). The molecule has 0 saturated heterocycles. The van der Waals surface area contributed by atoms with E-state index >= 15 is 0 Å². The summed E-state index contributed by atoms with van der Waals surface area (Å²) in [4.78, 5) is 21.0. The lowest BCUT2D eigenvalue weighted by Crippen LogP contribution is -2.25. The molecule has 0 aliphatic carbocycles. The highest BCUT2D eigenvalue weighted by molar-refractivity contribution is 7.92. The number of carbonyl (C=O) groups is 1. The van der Waals surface area contributed by atoms with Gasteiger partial charge in [-0.05, 0) is 48.5 Å². The molecule has 0 spiro atoms. The van der Waals surface area contributed by atoms with E-state index in [-0.39, 0.29) is 28.3 Å². The van der Waals surface area contributed by atoms with E-state index in [0.717, 1.165) is 27.2 Å². The fraction of sp³-hybridized carbons (Fsp3) is 0.0938. The molecule has 3 heterocycles. The van der Waals surface area contributed by atoms with Crippen LogP contribution in [0.4, 0.5) is 10.1 Å². The first-order valence-electron chi connectivity index (χ1n) is 13.1. The van der Waals surface area contributed by atoms with E-state index in [1.165, 1.54) is 44.4 Å². The average molecular weight is 594 g/mol. The number of sulfonamides is 1. The molecule has 0 bridgehead atoms. The highest BCUT2D eigenvalue weighted by Gasteiger charge is 2.27. The summed E-state index contributed by atoms with van der Waals surface area (Å²) >= 11 is 0. The molecule has 43 heavy (non-hydrogen) atoms.